The second-order valence-electron chi connectivity index (χ2n) is 0.820. The molecule has 0 aliphatic carbocycles. The fraction of sp³-hybridized carbons (Fsp3) is 0.500. The SMILES string of the molecule is [C-]#C[C@@H](C)O.[Li+]. The zero-order valence-corrected chi connectivity index (χ0v) is 4.02. The molecule has 0 unspecified atom stereocenters. The maximum atomic E-state index is 8.06. The average Bonchev–Trinajstić information content (AvgIpc) is 1.38. The molecule has 0 bridgehead atoms. The number of hydrogen-bond acceptors (Lipinski definition) is 1. The normalized spacial score (nSPS) is 10.8. The van der Waals surface area contributed by atoms with E-state index in [1.807, 2.05) is 5.92 Å². The minimum Gasteiger partial charge on any atom is -0.691 e. The summed E-state index contributed by atoms with van der Waals surface area (Å²) in [5, 5.41) is 8.06. The Morgan fingerprint density at radius 2 is 2.00 bits per heavy atom. The van der Waals surface area contributed by atoms with Gasteiger partial charge in [0.15, 0.2) is 0 Å². The first kappa shape index (κ1) is 9.45. The van der Waals surface area contributed by atoms with E-state index in [2.05, 4.69) is 0 Å². The first-order valence-corrected chi connectivity index (χ1v) is 1.37. The molecule has 6 heavy (non-hydrogen) atoms. The fourth-order valence-corrected chi connectivity index (χ4v) is 0. The number of hydrogen-bond donors (Lipinski definition) is 1. The molecular formula is C4H5LiO. The zero-order chi connectivity index (χ0) is 4.28. The molecule has 28 valence electrons. The Morgan fingerprint density at radius 3 is 2.00 bits per heavy atom. The monoisotopic (exact) mass is 76.1 g/mol. The van der Waals surface area contributed by atoms with Crippen LogP contribution in [0.25, 0.3) is 0 Å². The Kier molecular flexibility index (Phi) is 8.06. The summed E-state index contributed by atoms with van der Waals surface area (Å²) in [6.45, 7) is 1.48. The average molecular weight is 76.0 g/mol. The van der Waals surface area contributed by atoms with Gasteiger partial charge in [-0.15, -0.1) is 0 Å². The molecule has 0 saturated carbocycles. The molecule has 0 aromatic heterocycles. The van der Waals surface area contributed by atoms with Gasteiger partial charge < -0.3 is 17.5 Å². The van der Waals surface area contributed by atoms with E-state index >= 15 is 0 Å². The van der Waals surface area contributed by atoms with E-state index in [0.29, 0.717) is 0 Å². The van der Waals surface area contributed by atoms with Gasteiger partial charge in [-0.2, -0.15) is 0 Å². The molecule has 0 amide bonds. The van der Waals surface area contributed by atoms with Gasteiger partial charge in [-0.3, -0.25) is 0 Å². The van der Waals surface area contributed by atoms with Gasteiger partial charge >= 0.3 is 18.9 Å². The number of rotatable bonds is 0. The van der Waals surface area contributed by atoms with Crippen molar-refractivity contribution in [2.24, 2.45) is 0 Å². The fourth-order valence-electron chi connectivity index (χ4n) is 0. The first-order valence-electron chi connectivity index (χ1n) is 1.37. The van der Waals surface area contributed by atoms with Crippen molar-refractivity contribution < 1.29 is 24.0 Å². The second-order valence-corrected chi connectivity index (χ2v) is 0.820. The minimum atomic E-state index is -0.699. The van der Waals surface area contributed by atoms with Gasteiger partial charge in [0.2, 0.25) is 0 Å². The smallest absolute Gasteiger partial charge is 0.691 e. The van der Waals surface area contributed by atoms with Crippen LogP contribution in [0.15, 0.2) is 0 Å². The van der Waals surface area contributed by atoms with Crippen LogP contribution in [0.1, 0.15) is 6.92 Å². The molecule has 0 radical (unpaired) electrons. The van der Waals surface area contributed by atoms with Crippen molar-refractivity contribution in [1.29, 1.82) is 0 Å². The van der Waals surface area contributed by atoms with Crippen molar-refractivity contribution >= 4 is 0 Å². The maximum Gasteiger partial charge on any atom is 1.00 e. The van der Waals surface area contributed by atoms with Gasteiger partial charge in [-0.25, -0.2) is 0 Å². The molecular weight excluding hydrogens is 71.0 g/mol. The van der Waals surface area contributed by atoms with Crippen LogP contribution in [0.5, 0.6) is 0 Å². The molecule has 0 spiro atoms. The predicted octanol–water partition coefficient (Wildman–Crippen LogP) is -3.04. The van der Waals surface area contributed by atoms with Gasteiger partial charge in [0, 0.05) is 0 Å². The molecule has 0 aromatic rings. The van der Waals surface area contributed by atoms with Crippen LogP contribution < -0.4 is 18.9 Å². The van der Waals surface area contributed by atoms with E-state index in [1.165, 1.54) is 6.92 Å². The molecule has 0 aliphatic rings. The molecule has 0 rings (SSSR count). The summed E-state index contributed by atoms with van der Waals surface area (Å²) in [5.41, 5.74) is 0. The van der Waals surface area contributed by atoms with E-state index in [9.17, 15) is 0 Å². The van der Waals surface area contributed by atoms with E-state index in [4.69, 9.17) is 11.5 Å². The maximum absolute atomic E-state index is 8.06. The van der Waals surface area contributed by atoms with Crippen LogP contribution in [0.3, 0.4) is 0 Å². The van der Waals surface area contributed by atoms with E-state index in [0.717, 1.165) is 0 Å². The Balaban J connectivity index is 0. The van der Waals surface area contributed by atoms with Crippen molar-refractivity contribution in [3.8, 4) is 5.92 Å². The van der Waals surface area contributed by atoms with Gasteiger partial charge in [-0.1, -0.05) is 0 Å². The molecule has 1 atom stereocenters. The Bertz CT molecular complexity index is 53.1. The molecule has 0 aromatic carbocycles. The summed E-state index contributed by atoms with van der Waals surface area (Å²) in [4.78, 5) is 0. The van der Waals surface area contributed by atoms with Crippen LogP contribution in [0.2, 0.25) is 0 Å². The largest absolute Gasteiger partial charge is 1.00 e. The third-order valence-corrected chi connectivity index (χ3v) is 0.209. The number of aliphatic hydroxyl groups excluding tert-OH is 1. The topological polar surface area (TPSA) is 20.2 Å². The van der Waals surface area contributed by atoms with Crippen molar-refractivity contribution in [2.45, 2.75) is 13.0 Å². The van der Waals surface area contributed by atoms with Crippen molar-refractivity contribution in [3.05, 3.63) is 6.42 Å². The molecule has 1 N–H and O–H groups in total. The Labute approximate surface area is 49.9 Å². The summed E-state index contributed by atoms with van der Waals surface area (Å²) in [6.07, 6.45) is 5.46. The summed E-state index contributed by atoms with van der Waals surface area (Å²) >= 11 is 0. The van der Waals surface area contributed by atoms with Gasteiger partial charge in [0.05, 0.1) is 6.10 Å². The van der Waals surface area contributed by atoms with Crippen LogP contribution in [0, 0.1) is 12.3 Å². The van der Waals surface area contributed by atoms with Crippen LogP contribution in [-0.4, -0.2) is 11.2 Å². The summed E-state index contributed by atoms with van der Waals surface area (Å²) < 4.78 is 0. The van der Waals surface area contributed by atoms with E-state index in [-0.39, 0.29) is 18.9 Å². The Morgan fingerprint density at radius 1 is 1.83 bits per heavy atom. The standard InChI is InChI=1S/C4H5O.Li/c1-3-4(2)5;/h4-5H,2H3;/q-1;+1/t4-;/m1./s1. The third-order valence-electron chi connectivity index (χ3n) is 0.209. The third kappa shape index (κ3) is 8.92. The quantitative estimate of drug-likeness (QED) is 0.185. The Hall–Kier alpha value is 0.117. The molecule has 0 fully saturated rings. The van der Waals surface area contributed by atoms with Gasteiger partial charge in [-0.05, 0) is 6.92 Å². The molecule has 0 heterocycles. The van der Waals surface area contributed by atoms with Crippen LogP contribution in [-0.2, 0) is 0 Å². The van der Waals surface area contributed by atoms with E-state index in [1.54, 1.807) is 0 Å². The molecule has 1 nitrogen and oxygen atoms in total. The van der Waals surface area contributed by atoms with Crippen molar-refractivity contribution in [3.63, 3.8) is 0 Å². The van der Waals surface area contributed by atoms with E-state index < -0.39 is 6.10 Å². The van der Waals surface area contributed by atoms with Gasteiger partial charge in [0.1, 0.15) is 0 Å². The summed E-state index contributed by atoms with van der Waals surface area (Å²) in [6, 6.07) is 0. The predicted molar refractivity (Wildman–Crippen MR) is 18.8 cm³/mol. The van der Waals surface area contributed by atoms with Crippen molar-refractivity contribution in [1.82, 2.24) is 0 Å². The molecule has 2 heteroatoms. The second kappa shape index (κ2) is 5.12. The molecule has 0 saturated heterocycles. The molecule has 0 aliphatic heterocycles. The summed E-state index contributed by atoms with van der Waals surface area (Å²) in [7, 11) is 0. The number of aliphatic hydroxyl groups is 1. The summed E-state index contributed by atoms with van der Waals surface area (Å²) in [5.74, 6) is 1.83. The van der Waals surface area contributed by atoms with Gasteiger partial charge in [0.25, 0.3) is 0 Å². The van der Waals surface area contributed by atoms with Crippen molar-refractivity contribution in [2.75, 3.05) is 0 Å². The first-order chi connectivity index (χ1) is 2.27. The van der Waals surface area contributed by atoms with Crippen LogP contribution in [0.4, 0.5) is 0 Å². The zero-order valence-electron chi connectivity index (χ0n) is 4.02. The van der Waals surface area contributed by atoms with Crippen LogP contribution >= 0.6 is 0 Å². The minimum absolute atomic E-state index is 0.